The fourth-order valence-electron chi connectivity index (χ4n) is 1.51. The molecule has 0 aliphatic heterocycles. The summed E-state index contributed by atoms with van der Waals surface area (Å²) in [6, 6.07) is 5.35. The van der Waals surface area contributed by atoms with Crippen LogP contribution < -0.4 is 5.56 Å². The van der Waals surface area contributed by atoms with Gasteiger partial charge in [0, 0.05) is 22.3 Å². The maximum absolute atomic E-state index is 13.8. The molecule has 18 heavy (non-hydrogen) atoms. The zero-order chi connectivity index (χ0) is 13.3. The number of pyridine rings is 1. The molecular weight excluding hydrogens is 372 g/mol. The summed E-state index contributed by atoms with van der Waals surface area (Å²) in [6.45, 7) is -0.157. The number of benzene rings is 1. The molecule has 0 atom stereocenters. The summed E-state index contributed by atoms with van der Waals surface area (Å²) >= 11 is 6.19. The van der Waals surface area contributed by atoms with E-state index >= 15 is 0 Å². The van der Waals surface area contributed by atoms with E-state index in [1.807, 2.05) is 0 Å². The van der Waals surface area contributed by atoms with Crippen LogP contribution in [0.4, 0.5) is 8.78 Å². The van der Waals surface area contributed by atoms with E-state index in [1.165, 1.54) is 22.9 Å². The summed E-state index contributed by atoms with van der Waals surface area (Å²) in [6.07, 6.45) is 1.49. The largest absolute Gasteiger partial charge is 0.310 e. The van der Waals surface area contributed by atoms with E-state index in [0.29, 0.717) is 4.47 Å². The fourth-order valence-corrected chi connectivity index (χ4v) is 2.26. The number of halogens is 4. The maximum atomic E-state index is 13.8. The Morgan fingerprint density at radius 1 is 1.11 bits per heavy atom. The van der Waals surface area contributed by atoms with Gasteiger partial charge in [-0.3, -0.25) is 4.79 Å². The van der Waals surface area contributed by atoms with Gasteiger partial charge in [-0.2, -0.15) is 0 Å². The van der Waals surface area contributed by atoms with Crippen LogP contribution in [-0.2, 0) is 6.54 Å². The number of hydrogen-bond donors (Lipinski definition) is 0. The summed E-state index contributed by atoms with van der Waals surface area (Å²) in [7, 11) is 0. The van der Waals surface area contributed by atoms with Gasteiger partial charge in [0.15, 0.2) is 0 Å². The molecule has 0 bridgehead atoms. The average molecular weight is 379 g/mol. The first-order valence-electron chi connectivity index (χ1n) is 4.97. The highest BCUT2D eigenvalue weighted by molar-refractivity contribution is 9.10. The highest BCUT2D eigenvalue weighted by atomic mass is 79.9. The first-order chi connectivity index (χ1) is 8.49. The van der Waals surface area contributed by atoms with Crippen molar-refractivity contribution in [2.24, 2.45) is 0 Å². The van der Waals surface area contributed by atoms with Crippen molar-refractivity contribution < 1.29 is 8.78 Å². The molecule has 0 unspecified atom stereocenters. The molecule has 2 nitrogen and oxygen atoms in total. The smallest absolute Gasteiger partial charge is 0.250 e. The third kappa shape index (κ3) is 2.70. The molecular formula is C12H7Br2F2NO. The summed E-state index contributed by atoms with van der Waals surface area (Å²) in [5, 5.41) is 0. The Hall–Kier alpha value is -1.01. The third-order valence-electron chi connectivity index (χ3n) is 2.41. The lowest BCUT2D eigenvalue weighted by Gasteiger charge is -2.09. The predicted molar refractivity (Wildman–Crippen MR) is 71.6 cm³/mol. The summed E-state index contributed by atoms with van der Waals surface area (Å²) in [4.78, 5) is 11.6. The van der Waals surface area contributed by atoms with E-state index in [1.54, 1.807) is 6.07 Å². The standard InChI is InChI=1S/C12H7Br2F2NO/c13-7-1-4-11(18)17(5-7)6-8-10(15)3-2-9(14)12(8)16/h1-5H,6H2. The van der Waals surface area contributed by atoms with E-state index in [4.69, 9.17) is 0 Å². The Labute approximate surface area is 119 Å². The van der Waals surface area contributed by atoms with Crippen LogP contribution in [0.15, 0.2) is 44.2 Å². The number of aromatic nitrogens is 1. The predicted octanol–water partition coefficient (Wildman–Crippen LogP) is 3.70. The van der Waals surface area contributed by atoms with Crippen molar-refractivity contribution in [2.45, 2.75) is 6.54 Å². The second kappa shape index (κ2) is 5.32. The van der Waals surface area contributed by atoms with Gasteiger partial charge < -0.3 is 4.57 Å². The van der Waals surface area contributed by atoms with Crippen molar-refractivity contribution in [2.75, 3.05) is 0 Å². The Morgan fingerprint density at radius 2 is 1.83 bits per heavy atom. The lowest BCUT2D eigenvalue weighted by atomic mass is 10.2. The van der Waals surface area contributed by atoms with Crippen molar-refractivity contribution >= 4 is 31.9 Å². The van der Waals surface area contributed by atoms with Crippen LogP contribution in [0.2, 0.25) is 0 Å². The quantitative estimate of drug-likeness (QED) is 0.730. The molecule has 0 amide bonds. The van der Waals surface area contributed by atoms with E-state index < -0.39 is 11.6 Å². The average Bonchev–Trinajstić information content (AvgIpc) is 2.34. The molecule has 1 heterocycles. The van der Waals surface area contributed by atoms with E-state index in [-0.39, 0.29) is 22.1 Å². The molecule has 0 aliphatic carbocycles. The Bertz CT molecular complexity index is 655. The van der Waals surface area contributed by atoms with Crippen LogP contribution in [-0.4, -0.2) is 4.57 Å². The maximum Gasteiger partial charge on any atom is 0.250 e. The normalized spacial score (nSPS) is 10.7. The van der Waals surface area contributed by atoms with Crippen LogP contribution in [0.1, 0.15) is 5.56 Å². The zero-order valence-corrected chi connectivity index (χ0v) is 12.1. The Kier molecular flexibility index (Phi) is 3.97. The van der Waals surface area contributed by atoms with Crippen molar-refractivity contribution in [1.82, 2.24) is 4.57 Å². The molecule has 0 N–H and O–H groups in total. The molecule has 2 rings (SSSR count). The monoisotopic (exact) mass is 377 g/mol. The molecule has 0 saturated carbocycles. The summed E-state index contributed by atoms with van der Waals surface area (Å²) < 4.78 is 29.4. The fraction of sp³-hybridized carbons (Fsp3) is 0.0833. The highest BCUT2D eigenvalue weighted by Crippen LogP contribution is 2.22. The van der Waals surface area contributed by atoms with Gasteiger partial charge in [-0.25, -0.2) is 8.78 Å². The molecule has 94 valence electrons. The molecule has 0 radical (unpaired) electrons. The first kappa shape index (κ1) is 13.4. The topological polar surface area (TPSA) is 22.0 Å². The number of rotatable bonds is 2. The van der Waals surface area contributed by atoms with Crippen LogP contribution in [0.3, 0.4) is 0 Å². The summed E-state index contributed by atoms with van der Waals surface area (Å²) in [5.74, 6) is -1.37. The van der Waals surface area contributed by atoms with Gasteiger partial charge in [0.1, 0.15) is 11.6 Å². The van der Waals surface area contributed by atoms with Gasteiger partial charge in [0.2, 0.25) is 0 Å². The van der Waals surface area contributed by atoms with Crippen molar-refractivity contribution in [3.63, 3.8) is 0 Å². The van der Waals surface area contributed by atoms with Crippen LogP contribution in [0.25, 0.3) is 0 Å². The molecule has 1 aromatic carbocycles. The minimum Gasteiger partial charge on any atom is -0.310 e. The third-order valence-corrected chi connectivity index (χ3v) is 3.50. The van der Waals surface area contributed by atoms with Crippen molar-refractivity contribution in [3.8, 4) is 0 Å². The van der Waals surface area contributed by atoms with Gasteiger partial charge in [-0.05, 0) is 50.1 Å². The minimum absolute atomic E-state index is 0.149. The molecule has 0 aliphatic rings. The molecule has 2 aromatic rings. The lowest BCUT2D eigenvalue weighted by Crippen LogP contribution is -2.20. The SMILES string of the molecule is O=c1ccc(Br)cn1Cc1c(F)ccc(Br)c1F. The molecule has 0 spiro atoms. The van der Waals surface area contributed by atoms with Crippen molar-refractivity contribution in [3.05, 3.63) is 67.0 Å². The molecule has 1 aromatic heterocycles. The van der Waals surface area contributed by atoms with Gasteiger partial charge >= 0.3 is 0 Å². The number of hydrogen-bond acceptors (Lipinski definition) is 1. The van der Waals surface area contributed by atoms with Gasteiger partial charge in [-0.1, -0.05) is 0 Å². The van der Waals surface area contributed by atoms with Crippen LogP contribution >= 0.6 is 31.9 Å². The first-order valence-corrected chi connectivity index (χ1v) is 6.56. The Morgan fingerprint density at radius 3 is 2.56 bits per heavy atom. The summed E-state index contributed by atoms with van der Waals surface area (Å²) in [5.41, 5.74) is -0.471. The van der Waals surface area contributed by atoms with Gasteiger partial charge in [-0.15, -0.1) is 0 Å². The van der Waals surface area contributed by atoms with Crippen LogP contribution in [0, 0.1) is 11.6 Å². The minimum atomic E-state index is -0.693. The molecule has 0 saturated heterocycles. The van der Waals surface area contributed by atoms with Crippen LogP contribution in [0.5, 0.6) is 0 Å². The van der Waals surface area contributed by atoms with E-state index in [2.05, 4.69) is 31.9 Å². The lowest BCUT2D eigenvalue weighted by molar-refractivity contribution is 0.537. The Balaban J connectivity index is 2.49. The second-order valence-corrected chi connectivity index (χ2v) is 5.41. The van der Waals surface area contributed by atoms with Crippen molar-refractivity contribution in [1.29, 1.82) is 0 Å². The van der Waals surface area contributed by atoms with E-state index in [9.17, 15) is 13.6 Å². The highest BCUT2D eigenvalue weighted by Gasteiger charge is 2.13. The van der Waals surface area contributed by atoms with Gasteiger partial charge in [0.05, 0.1) is 11.0 Å². The van der Waals surface area contributed by atoms with Gasteiger partial charge in [0.25, 0.3) is 5.56 Å². The second-order valence-electron chi connectivity index (χ2n) is 3.64. The number of nitrogens with zero attached hydrogens (tertiary/aromatic N) is 1. The molecule has 6 heteroatoms. The zero-order valence-electron chi connectivity index (χ0n) is 8.96. The molecule has 0 fully saturated rings. The van der Waals surface area contributed by atoms with E-state index in [0.717, 1.165) is 6.07 Å².